The second-order valence-electron chi connectivity index (χ2n) is 5.87. The summed E-state index contributed by atoms with van der Waals surface area (Å²) in [5, 5.41) is 4.47. The first-order chi connectivity index (χ1) is 13.0. The molecule has 2 amide bonds. The topological polar surface area (TPSA) is 67.9 Å². The standard InChI is InChI=1S/C18H18F2N2O4S/c1-25-13-7-6-11(10-14(13)26-18(19)20)21-16(23)12-4-2-8-22(12)17(24)15-5-3-9-27-15/h3,5-7,9-10,12,18H,2,4,8H2,1H3,(H,21,23)/t12-/m1/s1. The van der Waals surface area contributed by atoms with Crippen molar-refractivity contribution in [1.29, 1.82) is 0 Å². The predicted molar refractivity (Wildman–Crippen MR) is 96.6 cm³/mol. The number of nitrogens with one attached hydrogen (secondary N) is 1. The lowest BCUT2D eigenvalue weighted by atomic mass is 10.2. The number of benzene rings is 1. The molecule has 0 saturated carbocycles. The molecule has 144 valence electrons. The van der Waals surface area contributed by atoms with E-state index in [4.69, 9.17) is 4.74 Å². The zero-order valence-corrected chi connectivity index (χ0v) is 15.3. The van der Waals surface area contributed by atoms with Crippen LogP contribution in [-0.4, -0.2) is 43.0 Å². The fourth-order valence-corrected chi connectivity index (χ4v) is 3.67. The van der Waals surface area contributed by atoms with Crippen LogP contribution in [-0.2, 0) is 4.79 Å². The Kier molecular flexibility index (Phi) is 5.90. The Labute approximate surface area is 158 Å². The number of amides is 2. The van der Waals surface area contributed by atoms with E-state index in [9.17, 15) is 18.4 Å². The van der Waals surface area contributed by atoms with E-state index >= 15 is 0 Å². The lowest BCUT2D eigenvalue weighted by molar-refractivity contribution is -0.119. The van der Waals surface area contributed by atoms with Crippen LogP contribution in [0.1, 0.15) is 22.5 Å². The Morgan fingerprint density at radius 3 is 2.78 bits per heavy atom. The van der Waals surface area contributed by atoms with Gasteiger partial charge in [-0.3, -0.25) is 9.59 Å². The monoisotopic (exact) mass is 396 g/mol. The van der Waals surface area contributed by atoms with Gasteiger partial charge in [0.15, 0.2) is 11.5 Å². The van der Waals surface area contributed by atoms with E-state index in [1.54, 1.807) is 22.4 Å². The van der Waals surface area contributed by atoms with Crippen LogP contribution in [0.5, 0.6) is 11.5 Å². The maximum atomic E-state index is 12.7. The molecule has 0 spiro atoms. The lowest BCUT2D eigenvalue weighted by Gasteiger charge is -2.23. The summed E-state index contributed by atoms with van der Waals surface area (Å²) in [6.45, 7) is -2.52. The number of carbonyl (C=O) groups is 2. The van der Waals surface area contributed by atoms with Crippen molar-refractivity contribution in [2.24, 2.45) is 0 Å². The molecule has 9 heteroatoms. The number of rotatable bonds is 6. The molecule has 1 aromatic heterocycles. The van der Waals surface area contributed by atoms with Crippen LogP contribution in [0.25, 0.3) is 0 Å². The van der Waals surface area contributed by atoms with Crippen molar-refractivity contribution in [3.8, 4) is 11.5 Å². The maximum absolute atomic E-state index is 12.7. The van der Waals surface area contributed by atoms with Crippen LogP contribution >= 0.6 is 11.3 Å². The van der Waals surface area contributed by atoms with Crippen molar-refractivity contribution in [1.82, 2.24) is 4.90 Å². The highest BCUT2D eigenvalue weighted by Gasteiger charge is 2.35. The summed E-state index contributed by atoms with van der Waals surface area (Å²) >= 11 is 1.32. The summed E-state index contributed by atoms with van der Waals surface area (Å²) < 4.78 is 34.5. The van der Waals surface area contributed by atoms with E-state index < -0.39 is 12.7 Å². The summed E-state index contributed by atoms with van der Waals surface area (Å²) in [7, 11) is 1.33. The van der Waals surface area contributed by atoms with Gasteiger partial charge in [0.1, 0.15) is 6.04 Å². The normalized spacial score (nSPS) is 16.4. The third-order valence-corrected chi connectivity index (χ3v) is 5.05. The third kappa shape index (κ3) is 4.36. The van der Waals surface area contributed by atoms with Gasteiger partial charge < -0.3 is 19.7 Å². The van der Waals surface area contributed by atoms with Crippen LogP contribution in [0.15, 0.2) is 35.7 Å². The minimum absolute atomic E-state index is 0.128. The molecular weight excluding hydrogens is 378 g/mol. The van der Waals surface area contributed by atoms with Crippen molar-refractivity contribution in [2.45, 2.75) is 25.5 Å². The van der Waals surface area contributed by atoms with E-state index in [0.29, 0.717) is 17.8 Å². The molecule has 1 aliphatic rings. The summed E-state index contributed by atoms with van der Waals surface area (Å²) in [6, 6.07) is 7.11. The highest BCUT2D eigenvalue weighted by atomic mass is 32.1. The Morgan fingerprint density at radius 1 is 1.30 bits per heavy atom. The Balaban J connectivity index is 1.73. The fourth-order valence-electron chi connectivity index (χ4n) is 2.99. The van der Waals surface area contributed by atoms with Crippen LogP contribution in [0, 0.1) is 0 Å². The molecular formula is C18H18F2N2O4S. The molecule has 0 bridgehead atoms. The number of anilines is 1. The van der Waals surface area contributed by atoms with E-state index in [2.05, 4.69) is 10.1 Å². The molecule has 0 aliphatic carbocycles. The Bertz CT molecular complexity index is 814. The van der Waals surface area contributed by atoms with E-state index in [-0.39, 0.29) is 29.0 Å². The zero-order valence-electron chi connectivity index (χ0n) is 14.5. The van der Waals surface area contributed by atoms with Crippen molar-refractivity contribution in [3.05, 3.63) is 40.6 Å². The summed E-state index contributed by atoms with van der Waals surface area (Å²) in [5.74, 6) is -0.600. The van der Waals surface area contributed by atoms with Gasteiger partial charge in [0.25, 0.3) is 5.91 Å². The van der Waals surface area contributed by atoms with Crippen molar-refractivity contribution >= 4 is 28.8 Å². The van der Waals surface area contributed by atoms with Gasteiger partial charge in [-0.25, -0.2) is 0 Å². The number of likely N-dealkylation sites (tertiary alicyclic amines) is 1. The minimum Gasteiger partial charge on any atom is -0.493 e. The van der Waals surface area contributed by atoms with Gasteiger partial charge in [-0.2, -0.15) is 8.78 Å². The lowest BCUT2D eigenvalue weighted by Crippen LogP contribution is -2.42. The van der Waals surface area contributed by atoms with E-state index in [1.165, 1.54) is 36.6 Å². The van der Waals surface area contributed by atoms with Gasteiger partial charge in [-0.1, -0.05) is 6.07 Å². The summed E-state index contributed by atoms with van der Waals surface area (Å²) in [6.07, 6.45) is 1.26. The summed E-state index contributed by atoms with van der Waals surface area (Å²) in [4.78, 5) is 27.4. The molecule has 1 aliphatic heterocycles. The number of halogens is 2. The molecule has 1 atom stereocenters. The number of carbonyl (C=O) groups excluding carboxylic acids is 2. The average molecular weight is 396 g/mol. The number of ether oxygens (including phenoxy) is 2. The largest absolute Gasteiger partial charge is 0.493 e. The number of thiophene rings is 1. The second kappa shape index (κ2) is 8.34. The Morgan fingerprint density at radius 2 is 2.11 bits per heavy atom. The first-order valence-corrected chi connectivity index (χ1v) is 9.15. The van der Waals surface area contributed by atoms with E-state index in [1.807, 2.05) is 0 Å². The molecule has 1 N–H and O–H groups in total. The first kappa shape index (κ1) is 19.1. The molecule has 1 saturated heterocycles. The van der Waals surface area contributed by atoms with E-state index in [0.717, 1.165) is 6.42 Å². The number of methoxy groups -OCH3 is 1. The molecule has 2 aromatic rings. The quantitative estimate of drug-likeness (QED) is 0.810. The van der Waals surface area contributed by atoms with Crippen molar-refractivity contribution in [2.75, 3.05) is 19.0 Å². The van der Waals surface area contributed by atoms with Gasteiger partial charge in [-0.05, 0) is 36.4 Å². The van der Waals surface area contributed by atoms with Gasteiger partial charge in [0, 0.05) is 18.3 Å². The molecule has 2 heterocycles. The minimum atomic E-state index is -3.02. The SMILES string of the molecule is COc1ccc(NC(=O)[C@H]2CCCN2C(=O)c2cccs2)cc1OC(F)F. The van der Waals surface area contributed by atoms with Gasteiger partial charge in [-0.15, -0.1) is 11.3 Å². The molecule has 27 heavy (non-hydrogen) atoms. The number of nitrogens with zero attached hydrogens (tertiary/aromatic N) is 1. The number of hydrogen-bond donors (Lipinski definition) is 1. The Hall–Kier alpha value is -2.68. The molecule has 1 aromatic carbocycles. The first-order valence-electron chi connectivity index (χ1n) is 8.28. The van der Waals surface area contributed by atoms with Gasteiger partial charge >= 0.3 is 6.61 Å². The molecule has 3 rings (SSSR count). The highest BCUT2D eigenvalue weighted by molar-refractivity contribution is 7.12. The third-order valence-electron chi connectivity index (χ3n) is 4.20. The molecule has 0 radical (unpaired) electrons. The highest BCUT2D eigenvalue weighted by Crippen LogP contribution is 2.32. The van der Waals surface area contributed by atoms with Crippen molar-refractivity contribution in [3.63, 3.8) is 0 Å². The molecule has 6 nitrogen and oxygen atoms in total. The second-order valence-corrected chi connectivity index (χ2v) is 6.81. The van der Waals surface area contributed by atoms with Gasteiger partial charge in [0.05, 0.1) is 12.0 Å². The molecule has 1 fully saturated rings. The zero-order chi connectivity index (χ0) is 19.4. The average Bonchev–Trinajstić information content (AvgIpc) is 3.33. The number of alkyl halides is 2. The van der Waals surface area contributed by atoms with Crippen LogP contribution in [0.2, 0.25) is 0 Å². The fraction of sp³-hybridized carbons (Fsp3) is 0.333. The van der Waals surface area contributed by atoms with Crippen molar-refractivity contribution < 1.29 is 27.8 Å². The van der Waals surface area contributed by atoms with Gasteiger partial charge in [0.2, 0.25) is 5.91 Å². The summed E-state index contributed by atoms with van der Waals surface area (Å²) in [5.41, 5.74) is 0.284. The van der Waals surface area contributed by atoms with Crippen LogP contribution in [0.3, 0.4) is 0 Å². The molecule has 0 unspecified atom stereocenters. The predicted octanol–water partition coefficient (Wildman–Crippen LogP) is 3.60. The smallest absolute Gasteiger partial charge is 0.387 e. The van der Waals surface area contributed by atoms with Crippen LogP contribution in [0.4, 0.5) is 14.5 Å². The maximum Gasteiger partial charge on any atom is 0.387 e. The number of hydrogen-bond acceptors (Lipinski definition) is 5. The van der Waals surface area contributed by atoms with Crippen LogP contribution < -0.4 is 14.8 Å².